The second-order valence-electron chi connectivity index (χ2n) is 5.98. The summed E-state index contributed by atoms with van der Waals surface area (Å²) in [5, 5.41) is 0. The van der Waals surface area contributed by atoms with Gasteiger partial charge in [-0.3, -0.25) is 4.79 Å². The molecular weight excluding hydrogens is 226 g/mol. The molecular formula is C14H29N3O. The van der Waals surface area contributed by atoms with Crippen LogP contribution in [0.4, 0.5) is 0 Å². The lowest BCUT2D eigenvalue weighted by atomic mass is 9.95. The molecule has 4 N–H and O–H groups in total. The van der Waals surface area contributed by atoms with Crippen LogP contribution in [-0.4, -0.2) is 36.0 Å². The topological polar surface area (TPSA) is 72.3 Å². The highest BCUT2D eigenvalue weighted by Gasteiger charge is 2.25. The van der Waals surface area contributed by atoms with E-state index in [0.29, 0.717) is 6.42 Å². The van der Waals surface area contributed by atoms with Gasteiger partial charge in [0, 0.05) is 6.54 Å². The molecule has 0 bridgehead atoms. The largest absolute Gasteiger partial charge is 0.368 e. The molecule has 1 heterocycles. The summed E-state index contributed by atoms with van der Waals surface area (Å²) < 4.78 is 0. The van der Waals surface area contributed by atoms with E-state index in [2.05, 4.69) is 11.8 Å². The number of carbonyl (C=O) groups excluding carboxylic acids is 1. The van der Waals surface area contributed by atoms with Crippen molar-refractivity contribution in [2.24, 2.45) is 17.4 Å². The van der Waals surface area contributed by atoms with E-state index in [1.807, 2.05) is 0 Å². The molecule has 2 unspecified atom stereocenters. The third-order valence-corrected chi connectivity index (χ3v) is 4.05. The number of carbonyl (C=O) groups is 1. The molecule has 4 nitrogen and oxygen atoms in total. The highest BCUT2D eigenvalue weighted by molar-refractivity contribution is 5.83. The predicted molar refractivity (Wildman–Crippen MR) is 75.1 cm³/mol. The van der Waals surface area contributed by atoms with Crippen molar-refractivity contribution in [2.75, 3.05) is 19.6 Å². The average molecular weight is 255 g/mol. The molecule has 2 atom stereocenters. The molecule has 1 saturated heterocycles. The fourth-order valence-corrected chi connectivity index (χ4v) is 2.71. The van der Waals surface area contributed by atoms with Crippen LogP contribution in [0.1, 0.15) is 52.4 Å². The molecule has 1 aliphatic heterocycles. The zero-order valence-electron chi connectivity index (χ0n) is 12.0. The van der Waals surface area contributed by atoms with Gasteiger partial charge in [0.05, 0.1) is 5.54 Å². The summed E-state index contributed by atoms with van der Waals surface area (Å²) in [4.78, 5) is 13.6. The molecule has 18 heavy (non-hydrogen) atoms. The van der Waals surface area contributed by atoms with Gasteiger partial charge < -0.3 is 16.4 Å². The SMILES string of the molecule is CCCC1CCN(CCCCC(C)(N)C(N)=O)C1. The lowest BCUT2D eigenvalue weighted by Gasteiger charge is -2.21. The second kappa shape index (κ2) is 7.10. The van der Waals surface area contributed by atoms with E-state index in [-0.39, 0.29) is 0 Å². The minimum atomic E-state index is -0.838. The molecule has 0 aliphatic carbocycles. The number of hydrogen-bond donors (Lipinski definition) is 2. The number of primary amides is 1. The smallest absolute Gasteiger partial charge is 0.237 e. The monoisotopic (exact) mass is 255 g/mol. The highest BCUT2D eigenvalue weighted by atomic mass is 16.1. The van der Waals surface area contributed by atoms with Crippen LogP contribution >= 0.6 is 0 Å². The summed E-state index contributed by atoms with van der Waals surface area (Å²) in [5.74, 6) is 0.507. The molecule has 4 heteroatoms. The molecule has 0 radical (unpaired) electrons. The summed E-state index contributed by atoms with van der Waals surface area (Å²) in [6.07, 6.45) is 6.78. The van der Waals surface area contributed by atoms with Gasteiger partial charge in [0.1, 0.15) is 0 Å². The van der Waals surface area contributed by atoms with Crippen LogP contribution in [0.15, 0.2) is 0 Å². The average Bonchev–Trinajstić information content (AvgIpc) is 2.73. The van der Waals surface area contributed by atoms with Crippen molar-refractivity contribution in [3.63, 3.8) is 0 Å². The molecule has 0 aromatic carbocycles. The van der Waals surface area contributed by atoms with Gasteiger partial charge in [0.2, 0.25) is 5.91 Å². The minimum absolute atomic E-state index is 0.397. The standard InChI is InChI=1S/C14H29N3O/c1-3-6-12-7-10-17(11-12)9-5-4-8-14(2,16)13(15)18/h12H,3-11,16H2,1-2H3,(H2,15,18). The van der Waals surface area contributed by atoms with Crippen LogP contribution in [0.5, 0.6) is 0 Å². The Labute approximate surface area is 111 Å². The molecule has 1 aliphatic rings. The van der Waals surface area contributed by atoms with E-state index in [0.717, 1.165) is 25.3 Å². The molecule has 1 rings (SSSR count). The quantitative estimate of drug-likeness (QED) is 0.645. The molecule has 1 fully saturated rings. The van der Waals surface area contributed by atoms with Crippen LogP contribution in [0.25, 0.3) is 0 Å². The number of nitrogens with two attached hydrogens (primary N) is 2. The van der Waals surface area contributed by atoms with E-state index in [1.165, 1.54) is 32.4 Å². The van der Waals surface area contributed by atoms with Crippen LogP contribution < -0.4 is 11.5 Å². The van der Waals surface area contributed by atoms with Crippen molar-refractivity contribution in [3.8, 4) is 0 Å². The molecule has 0 spiro atoms. The Morgan fingerprint density at radius 1 is 1.44 bits per heavy atom. The van der Waals surface area contributed by atoms with Crippen molar-refractivity contribution in [1.82, 2.24) is 4.90 Å². The van der Waals surface area contributed by atoms with Gasteiger partial charge in [0.15, 0.2) is 0 Å². The first-order valence-corrected chi connectivity index (χ1v) is 7.27. The molecule has 0 aromatic rings. The number of likely N-dealkylation sites (tertiary alicyclic amines) is 1. The van der Waals surface area contributed by atoms with Crippen molar-refractivity contribution in [3.05, 3.63) is 0 Å². The van der Waals surface area contributed by atoms with Crippen LogP contribution in [0.2, 0.25) is 0 Å². The molecule has 106 valence electrons. The summed E-state index contributed by atoms with van der Waals surface area (Å²) in [7, 11) is 0. The molecule has 0 aromatic heterocycles. The fourth-order valence-electron chi connectivity index (χ4n) is 2.71. The van der Waals surface area contributed by atoms with Gasteiger partial charge >= 0.3 is 0 Å². The van der Waals surface area contributed by atoms with E-state index in [1.54, 1.807) is 6.92 Å². The van der Waals surface area contributed by atoms with Crippen molar-refractivity contribution >= 4 is 5.91 Å². The van der Waals surface area contributed by atoms with E-state index in [9.17, 15) is 4.79 Å². The zero-order chi connectivity index (χ0) is 13.6. The van der Waals surface area contributed by atoms with E-state index >= 15 is 0 Å². The summed E-state index contributed by atoms with van der Waals surface area (Å²) >= 11 is 0. The maximum atomic E-state index is 11.1. The third-order valence-electron chi connectivity index (χ3n) is 4.05. The summed E-state index contributed by atoms with van der Waals surface area (Å²) in [6.45, 7) is 7.61. The first-order chi connectivity index (χ1) is 8.45. The van der Waals surface area contributed by atoms with Crippen molar-refractivity contribution in [1.29, 1.82) is 0 Å². The molecule has 0 saturated carbocycles. The number of unbranched alkanes of at least 4 members (excludes halogenated alkanes) is 1. The maximum absolute atomic E-state index is 11.1. The lowest BCUT2D eigenvalue weighted by molar-refractivity contribution is -0.122. The van der Waals surface area contributed by atoms with Crippen LogP contribution in [0, 0.1) is 5.92 Å². The predicted octanol–water partition coefficient (Wildman–Crippen LogP) is 1.48. The van der Waals surface area contributed by atoms with Crippen molar-refractivity contribution < 1.29 is 4.79 Å². The first kappa shape index (κ1) is 15.4. The maximum Gasteiger partial charge on any atom is 0.237 e. The number of hydrogen-bond acceptors (Lipinski definition) is 3. The summed E-state index contributed by atoms with van der Waals surface area (Å²) in [5.41, 5.74) is 10.2. The third kappa shape index (κ3) is 4.94. The van der Waals surface area contributed by atoms with Gasteiger partial charge in [-0.15, -0.1) is 0 Å². The Balaban J connectivity index is 2.11. The Morgan fingerprint density at radius 2 is 2.17 bits per heavy atom. The van der Waals surface area contributed by atoms with Gasteiger partial charge in [-0.05, 0) is 58.0 Å². The zero-order valence-corrected chi connectivity index (χ0v) is 12.0. The minimum Gasteiger partial charge on any atom is -0.368 e. The van der Waals surface area contributed by atoms with Gasteiger partial charge in [-0.25, -0.2) is 0 Å². The van der Waals surface area contributed by atoms with E-state index < -0.39 is 11.4 Å². The Hall–Kier alpha value is -0.610. The van der Waals surface area contributed by atoms with E-state index in [4.69, 9.17) is 11.5 Å². The van der Waals surface area contributed by atoms with Gasteiger partial charge in [0.25, 0.3) is 0 Å². The Bertz CT molecular complexity index is 266. The Morgan fingerprint density at radius 3 is 2.78 bits per heavy atom. The summed E-state index contributed by atoms with van der Waals surface area (Å²) in [6, 6.07) is 0. The fraction of sp³-hybridized carbons (Fsp3) is 0.929. The van der Waals surface area contributed by atoms with Crippen LogP contribution in [-0.2, 0) is 4.79 Å². The highest BCUT2D eigenvalue weighted by Crippen LogP contribution is 2.21. The van der Waals surface area contributed by atoms with Crippen molar-refractivity contribution in [2.45, 2.75) is 57.9 Å². The first-order valence-electron chi connectivity index (χ1n) is 7.27. The Kier molecular flexibility index (Phi) is 6.09. The van der Waals surface area contributed by atoms with Crippen LogP contribution in [0.3, 0.4) is 0 Å². The lowest BCUT2D eigenvalue weighted by Crippen LogP contribution is -2.49. The van der Waals surface area contributed by atoms with Gasteiger partial charge in [-0.2, -0.15) is 0 Å². The number of amides is 1. The normalized spacial score (nSPS) is 24.1. The number of rotatable bonds is 8. The second-order valence-corrected chi connectivity index (χ2v) is 5.98. The molecule has 1 amide bonds. The number of nitrogens with zero attached hydrogens (tertiary/aromatic N) is 1. The van der Waals surface area contributed by atoms with Gasteiger partial charge in [-0.1, -0.05) is 13.3 Å².